The van der Waals surface area contributed by atoms with E-state index in [1.165, 1.54) is 4.70 Å². The van der Waals surface area contributed by atoms with Crippen LogP contribution in [-0.4, -0.2) is 30.7 Å². The minimum absolute atomic E-state index is 0.230. The summed E-state index contributed by atoms with van der Waals surface area (Å²) in [7, 11) is 0. The van der Waals surface area contributed by atoms with E-state index >= 15 is 0 Å². The van der Waals surface area contributed by atoms with Gasteiger partial charge in [-0.2, -0.15) is 0 Å². The van der Waals surface area contributed by atoms with Gasteiger partial charge in [0.2, 0.25) is 0 Å². The van der Waals surface area contributed by atoms with Crippen LogP contribution in [0.25, 0.3) is 32.4 Å². The molecule has 0 aliphatic carbocycles. The number of H-pyrrole nitrogens is 1. The number of benzene rings is 2. The van der Waals surface area contributed by atoms with Crippen molar-refractivity contribution in [3.63, 3.8) is 0 Å². The van der Waals surface area contributed by atoms with E-state index in [9.17, 15) is 5.11 Å². The predicted octanol–water partition coefficient (Wildman–Crippen LogP) is 4.08. The molecule has 0 saturated carbocycles. The quantitative estimate of drug-likeness (QED) is 0.419. The van der Waals surface area contributed by atoms with Crippen molar-refractivity contribution in [2.45, 2.75) is 0 Å². The lowest BCUT2D eigenvalue weighted by Gasteiger charge is -2.10. The summed E-state index contributed by atoms with van der Waals surface area (Å²) < 4.78 is 1.17. The molecule has 5 rings (SSSR count). The van der Waals surface area contributed by atoms with Crippen molar-refractivity contribution in [2.24, 2.45) is 0 Å². The van der Waals surface area contributed by atoms with Crippen molar-refractivity contribution >= 4 is 43.8 Å². The topological polar surface area (TPSA) is 99.6 Å². The SMILES string of the molecule is Oc1ccc(Nc2nc3cc(-c4nnn[nH]4)ccc3c3sccc23)cc1. The Labute approximate surface area is 151 Å². The molecule has 0 amide bonds. The molecule has 3 heterocycles. The summed E-state index contributed by atoms with van der Waals surface area (Å²) in [6.45, 7) is 0. The van der Waals surface area contributed by atoms with E-state index in [4.69, 9.17) is 4.98 Å². The molecule has 0 unspecified atom stereocenters. The number of aromatic nitrogens is 5. The van der Waals surface area contributed by atoms with Crippen molar-refractivity contribution in [3.8, 4) is 17.1 Å². The summed E-state index contributed by atoms with van der Waals surface area (Å²) in [5, 5.41) is 31.0. The average molecular weight is 360 g/mol. The van der Waals surface area contributed by atoms with Gasteiger partial charge in [-0.1, -0.05) is 12.1 Å². The number of nitrogens with one attached hydrogen (secondary N) is 2. The third kappa shape index (κ3) is 2.44. The fraction of sp³-hybridized carbons (Fsp3) is 0. The van der Waals surface area contributed by atoms with Crippen LogP contribution in [-0.2, 0) is 0 Å². The number of rotatable bonds is 3. The highest BCUT2D eigenvalue weighted by Crippen LogP contribution is 2.36. The van der Waals surface area contributed by atoms with Crippen molar-refractivity contribution in [1.82, 2.24) is 25.6 Å². The summed E-state index contributed by atoms with van der Waals surface area (Å²) in [4.78, 5) is 4.81. The molecule has 0 saturated heterocycles. The number of fused-ring (bicyclic) bond motifs is 3. The highest BCUT2D eigenvalue weighted by molar-refractivity contribution is 7.18. The number of pyridine rings is 1. The summed E-state index contributed by atoms with van der Waals surface area (Å²) in [6.07, 6.45) is 0. The maximum atomic E-state index is 9.46. The second-order valence-corrected chi connectivity index (χ2v) is 6.69. The number of anilines is 2. The minimum Gasteiger partial charge on any atom is -0.508 e. The molecule has 5 aromatic rings. The molecule has 0 fully saturated rings. The molecule has 0 bridgehead atoms. The molecule has 0 spiro atoms. The molecule has 3 aromatic heterocycles. The van der Waals surface area contributed by atoms with Crippen molar-refractivity contribution < 1.29 is 5.11 Å². The van der Waals surface area contributed by atoms with Crippen molar-refractivity contribution in [1.29, 1.82) is 0 Å². The van der Waals surface area contributed by atoms with Crippen LogP contribution in [0.3, 0.4) is 0 Å². The van der Waals surface area contributed by atoms with E-state index in [1.807, 2.05) is 30.3 Å². The molecule has 7 nitrogen and oxygen atoms in total. The van der Waals surface area contributed by atoms with E-state index in [0.29, 0.717) is 5.82 Å². The fourth-order valence-corrected chi connectivity index (χ4v) is 3.84. The van der Waals surface area contributed by atoms with Gasteiger partial charge >= 0.3 is 0 Å². The molecular weight excluding hydrogens is 348 g/mol. The molecule has 126 valence electrons. The summed E-state index contributed by atoms with van der Waals surface area (Å²) in [6, 6.07) is 15.0. The highest BCUT2D eigenvalue weighted by Gasteiger charge is 2.12. The Kier molecular flexibility index (Phi) is 3.29. The molecule has 26 heavy (non-hydrogen) atoms. The zero-order chi connectivity index (χ0) is 17.5. The molecule has 8 heteroatoms. The number of phenols is 1. The number of aromatic amines is 1. The summed E-state index contributed by atoms with van der Waals surface area (Å²) in [5.74, 6) is 1.60. The van der Waals surface area contributed by atoms with Gasteiger partial charge in [0.1, 0.15) is 11.6 Å². The first kappa shape index (κ1) is 14.8. The van der Waals surface area contributed by atoms with Crippen LogP contribution in [0.5, 0.6) is 5.75 Å². The molecule has 0 radical (unpaired) electrons. The maximum Gasteiger partial charge on any atom is 0.179 e. The Morgan fingerprint density at radius 2 is 1.88 bits per heavy atom. The standard InChI is InChI=1S/C18H12N6OS/c25-12-4-2-11(3-5-12)19-18-14-7-8-26-16(14)13-6-1-10(9-15(13)20-18)17-21-23-24-22-17/h1-9,25H,(H,19,20)(H,21,22,23,24). The third-order valence-corrected chi connectivity index (χ3v) is 5.09. The first-order chi connectivity index (χ1) is 12.8. The van der Waals surface area contributed by atoms with Gasteiger partial charge in [-0.3, -0.25) is 0 Å². The molecule has 2 aromatic carbocycles. The molecule has 0 aliphatic rings. The van der Waals surface area contributed by atoms with Crippen LogP contribution in [0.15, 0.2) is 53.9 Å². The third-order valence-electron chi connectivity index (χ3n) is 4.14. The lowest BCUT2D eigenvalue weighted by atomic mass is 10.1. The van der Waals surface area contributed by atoms with Gasteiger partial charge in [-0.05, 0) is 52.2 Å². The fourth-order valence-electron chi connectivity index (χ4n) is 2.91. The second kappa shape index (κ2) is 5.78. The summed E-state index contributed by atoms with van der Waals surface area (Å²) in [5.41, 5.74) is 2.59. The number of aromatic hydroxyl groups is 1. The Morgan fingerprint density at radius 1 is 1.00 bits per heavy atom. The number of nitrogens with zero attached hydrogens (tertiary/aromatic N) is 4. The Bertz CT molecular complexity index is 1210. The van der Waals surface area contributed by atoms with Gasteiger partial charge in [0, 0.05) is 26.7 Å². The zero-order valence-corrected chi connectivity index (χ0v) is 14.2. The van der Waals surface area contributed by atoms with Crippen LogP contribution in [0.4, 0.5) is 11.5 Å². The smallest absolute Gasteiger partial charge is 0.179 e. The van der Waals surface area contributed by atoms with Gasteiger partial charge in [0.15, 0.2) is 5.82 Å². The zero-order valence-electron chi connectivity index (χ0n) is 13.3. The van der Waals surface area contributed by atoms with E-state index in [-0.39, 0.29) is 5.75 Å². The van der Waals surface area contributed by atoms with Crippen LogP contribution in [0.2, 0.25) is 0 Å². The lowest BCUT2D eigenvalue weighted by molar-refractivity contribution is 0.475. The first-order valence-corrected chi connectivity index (χ1v) is 8.77. The maximum absolute atomic E-state index is 9.46. The van der Waals surface area contributed by atoms with E-state index in [1.54, 1.807) is 23.5 Å². The van der Waals surface area contributed by atoms with Gasteiger partial charge in [-0.15, -0.1) is 16.4 Å². The first-order valence-electron chi connectivity index (χ1n) is 7.89. The molecule has 0 aliphatic heterocycles. The average Bonchev–Trinajstić information content (AvgIpc) is 3.35. The monoisotopic (exact) mass is 360 g/mol. The Hall–Kier alpha value is -3.52. The number of phenolic OH excluding ortho intramolecular Hbond substituents is 1. The number of hydrogen-bond acceptors (Lipinski definition) is 7. The largest absolute Gasteiger partial charge is 0.508 e. The highest BCUT2D eigenvalue weighted by atomic mass is 32.1. The second-order valence-electron chi connectivity index (χ2n) is 5.78. The Morgan fingerprint density at radius 3 is 2.69 bits per heavy atom. The lowest BCUT2D eigenvalue weighted by Crippen LogP contribution is -1.95. The number of thiophene rings is 1. The van der Waals surface area contributed by atoms with Gasteiger partial charge in [0.05, 0.1) is 5.52 Å². The van der Waals surface area contributed by atoms with Crippen LogP contribution < -0.4 is 5.32 Å². The van der Waals surface area contributed by atoms with Gasteiger partial charge in [0.25, 0.3) is 0 Å². The van der Waals surface area contributed by atoms with Crippen LogP contribution in [0, 0.1) is 0 Å². The predicted molar refractivity (Wildman–Crippen MR) is 102 cm³/mol. The van der Waals surface area contributed by atoms with E-state index in [0.717, 1.165) is 33.4 Å². The summed E-state index contributed by atoms with van der Waals surface area (Å²) >= 11 is 1.68. The van der Waals surface area contributed by atoms with E-state index < -0.39 is 0 Å². The van der Waals surface area contributed by atoms with Crippen molar-refractivity contribution in [3.05, 3.63) is 53.9 Å². The number of hydrogen-bond donors (Lipinski definition) is 3. The van der Waals surface area contributed by atoms with Gasteiger partial charge < -0.3 is 10.4 Å². The molecule has 3 N–H and O–H groups in total. The van der Waals surface area contributed by atoms with Gasteiger partial charge in [-0.25, -0.2) is 10.1 Å². The van der Waals surface area contributed by atoms with Crippen LogP contribution in [0.1, 0.15) is 0 Å². The van der Waals surface area contributed by atoms with Crippen molar-refractivity contribution in [2.75, 3.05) is 5.32 Å². The van der Waals surface area contributed by atoms with E-state index in [2.05, 4.69) is 37.4 Å². The molecular formula is C18H12N6OS. The number of tetrazole rings is 1. The minimum atomic E-state index is 0.230. The Balaban J connectivity index is 1.68. The molecule has 0 atom stereocenters. The van der Waals surface area contributed by atoms with Crippen LogP contribution >= 0.6 is 11.3 Å². The normalized spacial score (nSPS) is 11.2.